The van der Waals surface area contributed by atoms with Gasteiger partial charge in [0.15, 0.2) is 14.2 Å². The van der Waals surface area contributed by atoms with Gasteiger partial charge in [0.25, 0.3) is 0 Å². The van der Waals surface area contributed by atoms with E-state index in [4.69, 9.17) is 0 Å². The molecule has 10 heteroatoms. The molecule has 5 nitrogen and oxygen atoms in total. The number of para-hydroxylation sites is 1. The van der Waals surface area contributed by atoms with E-state index in [-0.39, 0.29) is 11.6 Å². The molecule has 3 aromatic rings. The molecular weight excluding hydrogens is 461 g/mol. The predicted octanol–water partition coefficient (Wildman–Crippen LogP) is 4.75. The lowest BCUT2D eigenvalue weighted by molar-refractivity contribution is 0.597. The van der Waals surface area contributed by atoms with Crippen LogP contribution < -0.4 is 5.32 Å². The zero-order valence-electron chi connectivity index (χ0n) is 13.2. The SMILES string of the molecule is O=S(=O)(CCSc1nnc(Nc2ccccc2F)s1)c1ccc(Br)cc1. The first-order valence-corrected chi connectivity index (χ1v) is 11.6. The number of benzene rings is 2. The normalized spacial score (nSPS) is 11.5. The molecule has 0 radical (unpaired) electrons. The van der Waals surface area contributed by atoms with E-state index in [9.17, 15) is 12.8 Å². The number of hydrogen-bond donors (Lipinski definition) is 1. The fraction of sp³-hybridized carbons (Fsp3) is 0.125. The third kappa shape index (κ3) is 5.03. The van der Waals surface area contributed by atoms with E-state index in [0.29, 0.717) is 25.8 Å². The van der Waals surface area contributed by atoms with Gasteiger partial charge in [-0.25, -0.2) is 12.8 Å². The van der Waals surface area contributed by atoms with Crippen molar-refractivity contribution in [2.24, 2.45) is 0 Å². The topological polar surface area (TPSA) is 72.0 Å². The summed E-state index contributed by atoms with van der Waals surface area (Å²) >= 11 is 5.83. The van der Waals surface area contributed by atoms with Crippen LogP contribution in [0.15, 0.2) is 62.2 Å². The van der Waals surface area contributed by atoms with E-state index < -0.39 is 9.84 Å². The Balaban J connectivity index is 1.56. The summed E-state index contributed by atoms with van der Waals surface area (Å²) in [4.78, 5) is 0.292. The molecule has 1 aromatic heterocycles. The van der Waals surface area contributed by atoms with Gasteiger partial charge in [0.1, 0.15) is 5.82 Å². The summed E-state index contributed by atoms with van der Waals surface area (Å²) in [5.41, 5.74) is 0.318. The van der Waals surface area contributed by atoms with Crippen LogP contribution in [-0.2, 0) is 9.84 Å². The van der Waals surface area contributed by atoms with Gasteiger partial charge < -0.3 is 5.32 Å². The van der Waals surface area contributed by atoms with E-state index in [2.05, 4.69) is 31.4 Å². The average Bonchev–Trinajstić information content (AvgIpc) is 3.04. The maximum absolute atomic E-state index is 13.6. The standard InChI is InChI=1S/C16H13BrFN3O2S3/c17-11-5-7-12(8-6-11)26(22,23)10-9-24-16-21-20-15(25-16)19-14-4-2-1-3-13(14)18/h1-8H,9-10H2,(H,19,20). The van der Waals surface area contributed by atoms with Crippen LogP contribution in [-0.4, -0.2) is 30.1 Å². The lowest BCUT2D eigenvalue weighted by Crippen LogP contribution is -2.08. The summed E-state index contributed by atoms with van der Waals surface area (Å²) in [6.45, 7) is 0. The number of anilines is 2. The highest BCUT2D eigenvalue weighted by Crippen LogP contribution is 2.29. The zero-order chi connectivity index (χ0) is 18.6. The summed E-state index contributed by atoms with van der Waals surface area (Å²) in [6, 6.07) is 12.8. The van der Waals surface area contributed by atoms with Gasteiger partial charge in [-0.05, 0) is 36.4 Å². The molecule has 136 valence electrons. The number of nitrogens with zero attached hydrogens (tertiary/aromatic N) is 2. The number of sulfone groups is 1. The zero-order valence-corrected chi connectivity index (χ0v) is 17.3. The minimum atomic E-state index is -3.34. The molecule has 0 bridgehead atoms. The summed E-state index contributed by atoms with van der Waals surface area (Å²) in [6.07, 6.45) is 0. The van der Waals surface area contributed by atoms with Crippen molar-refractivity contribution in [2.45, 2.75) is 9.24 Å². The Bertz CT molecular complexity index is 994. The number of rotatable bonds is 7. The number of aromatic nitrogens is 2. The van der Waals surface area contributed by atoms with Crippen LogP contribution in [0.4, 0.5) is 15.2 Å². The Morgan fingerprint density at radius 1 is 1.12 bits per heavy atom. The van der Waals surface area contributed by atoms with Crippen molar-refractivity contribution >= 4 is 59.7 Å². The van der Waals surface area contributed by atoms with Gasteiger partial charge in [-0.1, -0.05) is 51.2 Å². The van der Waals surface area contributed by atoms with Crippen molar-refractivity contribution in [3.05, 3.63) is 58.8 Å². The molecule has 0 aliphatic rings. The van der Waals surface area contributed by atoms with Crippen molar-refractivity contribution < 1.29 is 12.8 Å². The lowest BCUT2D eigenvalue weighted by atomic mass is 10.3. The Hall–Kier alpha value is -1.49. The summed E-state index contributed by atoms with van der Waals surface area (Å²) in [5, 5.41) is 11.3. The summed E-state index contributed by atoms with van der Waals surface area (Å²) in [7, 11) is -3.34. The first-order valence-electron chi connectivity index (χ1n) is 7.40. The summed E-state index contributed by atoms with van der Waals surface area (Å²) < 4.78 is 39.7. The van der Waals surface area contributed by atoms with Gasteiger partial charge in [0, 0.05) is 10.2 Å². The number of halogens is 2. The number of thioether (sulfide) groups is 1. The van der Waals surface area contributed by atoms with Gasteiger partial charge in [0.2, 0.25) is 5.13 Å². The minimum absolute atomic E-state index is 0.00501. The van der Waals surface area contributed by atoms with E-state index in [1.54, 1.807) is 42.5 Å². The van der Waals surface area contributed by atoms with Crippen molar-refractivity contribution in [3.8, 4) is 0 Å². The van der Waals surface area contributed by atoms with Gasteiger partial charge in [-0.15, -0.1) is 10.2 Å². The Morgan fingerprint density at radius 2 is 1.85 bits per heavy atom. The van der Waals surface area contributed by atoms with Crippen LogP contribution in [0.2, 0.25) is 0 Å². The fourth-order valence-electron chi connectivity index (χ4n) is 1.99. The average molecular weight is 474 g/mol. The van der Waals surface area contributed by atoms with Crippen molar-refractivity contribution in [1.82, 2.24) is 10.2 Å². The molecule has 1 heterocycles. The third-order valence-corrected chi connectivity index (χ3v) is 7.77. The molecule has 0 atom stereocenters. The van der Waals surface area contributed by atoms with Gasteiger partial charge in [0.05, 0.1) is 16.3 Å². The summed E-state index contributed by atoms with van der Waals surface area (Å²) in [5.74, 6) is -0.0284. The first-order chi connectivity index (χ1) is 12.4. The van der Waals surface area contributed by atoms with Crippen LogP contribution >= 0.6 is 39.0 Å². The molecular formula is C16H13BrFN3O2S3. The molecule has 26 heavy (non-hydrogen) atoms. The molecule has 0 fully saturated rings. The van der Waals surface area contributed by atoms with Crippen molar-refractivity contribution in [2.75, 3.05) is 16.8 Å². The molecule has 0 aliphatic carbocycles. The molecule has 0 aliphatic heterocycles. The molecule has 0 amide bonds. The fourth-order valence-corrected chi connectivity index (χ4v) is 5.74. The van der Waals surface area contributed by atoms with Crippen LogP contribution in [0.5, 0.6) is 0 Å². The first kappa shape index (κ1) is 19.3. The van der Waals surface area contributed by atoms with E-state index in [0.717, 1.165) is 4.47 Å². The molecule has 3 rings (SSSR count). The molecule has 0 unspecified atom stereocenters. The smallest absolute Gasteiger partial charge is 0.210 e. The number of nitrogens with one attached hydrogen (secondary N) is 1. The molecule has 1 N–H and O–H groups in total. The van der Waals surface area contributed by atoms with Crippen LogP contribution in [0, 0.1) is 5.82 Å². The highest BCUT2D eigenvalue weighted by molar-refractivity contribution is 9.10. The Labute approximate surface area is 167 Å². The molecule has 2 aromatic carbocycles. The van der Waals surface area contributed by atoms with E-state index in [1.165, 1.54) is 29.2 Å². The Morgan fingerprint density at radius 3 is 2.58 bits per heavy atom. The molecule has 0 saturated heterocycles. The second kappa shape index (κ2) is 8.47. The van der Waals surface area contributed by atoms with Crippen molar-refractivity contribution in [3.63, 3.8) is 0 Å². The van der Waals surface area contributed by atoms with E-state index in [1.807, 2.05) is 0 Å². The largest absolute Gasteiger partial charge is 0.328 e. The third-order valence-electron chi connectivity index (χ3n) is 3.27. The molecule has 0 saturated carbocycles. The van der Waals surface area contributed by atoms with Crippen molar-refractivity contribution in [1.29, 1.82) is 0 Å². The maximum atomic E-state index is 13.6. The second-order valence-corrected chi connectivity index (χ2v) is 10.4. The highest BCUT2D eigenvalue weighted by Gasteiger charge is 2.15. The highest BCUT2D eigenvalue weighted by atomic mass is 79.9. The quantitative estimate of drug-likeness (QED) is 0.499. The molecule has 0 spiro atoms. The minimum Gasteiger partial charge on any atom is -0.328 e. The number of hydrogen-bond acceptors (Lipinski definition) is 7. The van der Waals surface area contributed by atoms with Gasteiger partial charge in [-0.3, -0.25) is 0 Å². The van der Waals surface area contributed by atoms with Gasteiger partial charge >= 0.3 is 0 Å². The predicted molar refractivity (Wildman–Crippen MR) is 107 cm³/mol. The monoisotopic (exact) mass is 473 g/mol. The lowest BCUT2D eigenvalue weighted by Gasteiger charge is -2.03. The Kier molecular flexibility index (Phi) is 6.28. The van der Waals surface area contributed by atoms with Crippen LogP contribution in [0.3, 0.4) is 0 Å². The van der Waals surface area contributed by atoms with Crippen LogP contribution in [0.25, 0.3) is 0 Å². The second-order valence-electron chi connectivity index (χ2n) is 5.10. The van der Waals surface area contributed by atoms with E-state index >= 15 is 0 Å². The van der Waals surface area contributed by atoms with Crippen LogP contribution in [0.1, 0.15) is 0 Å². The van der Waals surface area contributed by atoms with Gasteiger partial charge in [-0.2, -0.15) is 0 Å². The maximum Gasteiger partial charge on any atom is 0.210 e.